The molecule has 3 aromatic carbocycles. The SMILES string of the molecule is COc1cccc(C(=O)Oc2c(-c3ccc(Cl)cc3)oc3cc(C)c(C)cc3c2=O)c1. The lowest BCUT2D eigenvalue weighted by atomic mass is 10.0. The maximum atomic E-state index is 13.4. The van der Waals surface area contributed by atoms with Crippen LogP contribution in [0, 0.1) is 13.8 Å². The van der Waals surface area contributed by atoms with Crippen molar-refractivity contribution < 1.29 is 18.7 Å². The number of carbonyl (C=O) groups excluding carboxylic acids is 1. The van der Waals surface area contributed by atoms with Gasteiger partial charge >= 0.3 is 5.97 Å². The number of ether oxygens (including phenoxy) is 2. The van der Waals surface area contributed by atoms with Crippen molar-refractivity contribution in [2.24, 2.45) is 0 Å². The van der Waals surface area contributed by atoms with Crippen molar-refractivity contribution in [1.29, 1.82) is 0 Å². The number of esters is 1. The van der Waals surface area contributed by atoms with Gasteiger partial charge in [0.2, 0.25) is 11.2 Å². The Morgan fingerprint density at radius 1 is 0.968 bits per heavy atom. The van der Waals surface area contributed by atoms with Gasteiger partial charge in [0.1, 0.15) is 11.3 Å². The molecule has 31 heavy (non-hydrogen) atoms. The van der Waals surface area contributed by atoms with Crippen LogP contribution in [0.1, 0.15) is 21.5 Å². The molecule has 0 spiro atoms. The molecule has 0 aliphatic carbocycles. The number of benzene rings is 3. The molecule has 4 aromatic rings. The summed E-state index contributed by atoms with van der Waals surface area (Å²) in [5.74, 6) is -0.201. The normalized spacial score (nSPS) is 10.8. The van der Waals surface area contributed by atoms with Crippen molar-refractivity contribution in [2.45, 2.75) is 13.8 Å². The summed E-state index contributed by atoms with van der Waals surface area (Å²) in [5.41, 5.74) is 2.73. The number of carbonyl (C=O) groups is 1. The number of hydrogen-bond donors (Lipinski definition) is 0. The van der Waals surface area contributed by atoms with Crippen LogP contribution in [-0.2, 0) is 0 Å². The summed E-state index contributed by atoms with van der Waals surface area (Å²) >= 11 is 6.01. The largest absolute Gasteiger partial charge is 0.497 e. The predicted octanol–water partition coefficient (Wildman–Crippen LogP) is 5.96. The molecule has 5 nitrogen and oxygen atoms in total. The summed E-state index contributed by atoms with van der Waals surface area (Å²) in [4.78, 5) is 26.2. The van der Waals surface area contributed by atoms with Crippen LogP contribution in [0.5, 0.6) is 11.5 Å². The summed E-state index contributed by atoms with van der Waals surface area (Å²) in [7, 11) is 1.51. The van der Waals surface area contributed by atoms with E-state index in [0.717, 1.165) is 11.1 Å². The molecule has 0 amide bonds. The predicted molar refractivity (Wildman–Crippen MR) is 120 cm³/mol. The number of halogens is 1. The number of aryl methyl sites for hydroxylation is 2. The van der Waals surface area contributed by atoms with E-state index in [0.29, 0.717) is 27.3 Å². The summed E-state index contributed by atoms with van der Waals surface area (Å²) in [6.07, 6.45) is 0. The Bertz CT molecular complexity index is 1350. The molecule has 0 atom stereocenters. The van der Waals surface area contributed by atoms with Gasteiger partial charge < -0.3 is 13.9 Å². The third-order valence-electron chi connectivity index (χ3n) is 5.07. The maximum Gasteiger partial charge on any atom is 0.343 e. The Hall–Kier alpha value is -3.57. The highest BCUT2D eigenvalue weighted by Crippen LogP contribution is 2.33. The second-order valence-corrected chi connectivity index (χ2v) is 7.59. The van der Waals surface area contributed by atoms with Crippen LogP contribution in [0.3, 0.4) is 0 Å². The molecule has 0 bridgehead atoms. The van der Waals surface area contributed by atoms with E-state index in [4.69, 9.17) is 25.5 Å². The first-order chi connectivity index (χ1) is 14.9. The molecule has 156 valence electrons. The fraction of sp³-hybridized carbons (Fsp3) is 0.120. The van der Waals surface area contributed by atoms with Crippen LogP contribution < -0.4 is 14.9 Å². The van der Waals surface area contributed by atoms with Gasteiger partial charge in [-0.25, -0.2) is 4.79 Å². The summed E-state index contributed by atoms with van der Waals surface area (Å²) in [5, 5.41) is 0.877. The average molecular weight is 435 g/mol. The first kappa shape index (κ1) is 20.7. The van der Waals surface area contributed by atoms with Gasteiger partial charge in [-0.3, -0.25) is 4.79 Å². The van der Waals surface area contributed by atoms with Crippen LogP contribution in [0.25, 0.3) is 22.3 Å². The van der Waals surface area contributed by atoms with Crippen LogP contribution in [0.15, 0.2) is 69.9 Å². The lowest BCUT2D eigenvalue weighted by Crippen LogP contribution is -2.16. The minimum absolute atomic E-state index is 0.161. The van der Waals surface area contributed by atoms with Gasteiger partial charge in [-0.2, -0.15) is 0 Å². The van der Waals surface area contributed by atoms with Crippen LogP contribution >= 0.6 is 11.6 Å². The molecule has 0 radical (unpaired) electrons. The molecular formula is C25H19ClO5. The number of hydrogen-bond acceptors (Lipinski definition) is 5. The molecule has 0 aliphatic rings. The maximum absolute atomic E-state index is 13.4. The van der Waals surface area contributed by atoms with E-state index in [1.807, 2.05) is 13.8 Å². The second-order valence-electron chi connectivity index (χ2n) is 7.15. The smallest absolute Gasteiger partial charge is 0.343 e. The molecule has 1 heterocycles. The first-order valence-electron chi connectivity index (χ1n) is 9.57. The zero-order valence-electron chi connectivity index (χ0n) is 17.2. The number of rotatable bonds is 4. The van der Waals surface area contributed by atoms with E-state index in [9.17, 15) is 9.59 Å². The average Bonchev–Trinajstić information content (AvgIpc) is 2.77. The zero-order valence-corrected chi connectivity index (χ0v) is 17.9. The minimum Gasteiger partial charge on any atom is -0.497 e. The highest BCUT2D eigenvalue weighted by molar-refractivity contribution is 6.30. The van der Waals surface area contributed by atoms with Gasteiger partial charge in [0, 0.05) is 10.6 Å². The quantitative estimate of drug-likeness (QED) is 0.371. The highest BCUT2D eigenvalue weighted by atomic mass is 35.5. The fourth-order valence-corrected chi connectivity index (χ4v) is 3.34. The molecule has 6 heteroatoms. The van der Waals surface area contributed by atoms with Gasteiger partial charge in [0.15, 0.2) is 5.76 Å². The van der Waals surface area contributed by atoms with Crippen molar-refractivity contribution in [1.82, 2.24) is 0 Å². The third-order valence-corrected chi connectivity index (χ3v) is 5.32. The third kappa shape index (κ3) is 4.05. The Balaban J connectivity index is 1.90. The van der Waals surface area contributed by atoms with E-state index in [-0.39, 0.29) is 17.1 Å². The lowest BCUT2D eigenvalue weighted by molar-refractivity contribution is 0.0731. The lowest BCUT2D eigenvalue weighted by Gasteiger charge is -2.12. The van der Waals surface area contributed by atoms with E-state index >= 15 is 0 Å². The summed E-state index contributed by atoms with van der Waals surface area (Å²) in [6, 6.07) is 16.8. The van der Waals surface area contributed by atoms with Crippen molar-refractivity contribution in [3.05, 3.63) is 92.6 Å². The van der Waals surface area contributed by atoms with Crippen molar-refractivity contribution >= 4 is 28.5 Å². The Morgan fingerprint density at radius 3 is 2.39 bits per heavy atom. The first-order valence-corrected chi connectivity index (χ1v) is 9.95. The molecule has 0 unspecified atom stereocenters. The molecule has 0 saturated heterocycles. The second kappa shape index (κ2) is 8.28. The molecule has 0 N–H and O–H groups in total. The Morgan fingerprint density at radius 2 is 1.68 bits per heavy atom. The molecule has 0 fully saturated rings. The van der Waals surface area contributed by atoms with Crippen molar-refractivity contribution in [3.63, 3.8) is 0 Å². The summed E-state index contributed by atoms with van der Waals surface area (Å²) < 4.78 is 16.8. The number of methoxy groups -OCH3 is 1. The topological polar surface area (TPSA) is 65.7 Å². The van der Waals surface area contributed by atoms with E-state index in [2.05, 4.69) is 0 Å². The van der Waals surface area contributed by atoms with Gasteiger partial charge in [0.25, 0.3) is 0 Å². The van der Waals surface area contributed by atoms with Crippen LogP contribution in [0.2, 0.25) is 5.02 Å². The Kier molecular flexibility index (Phi) is 5.53. The fourth-order valence-electron chi connectivity index (χ4n) is 3.22. The van der Waals surface area contributed by atoms with E-state index < -0.39 is 11.4 Å². The highest BCUT2D eigenvalue weighted by Gasteiger charge is 2.22. The van der Waals surface area contributed by atoms with Gasteiger partial charge in [-0.15, -0.1) is 0 Å². The van der Waals surface area contributed by atoms with Crippen LogP contribution in [0.4, 0.5) is 0 Å². The molecule has 1 aromatic heterocycles. The summed E-state index contributed by atoms with van der Waals surface area (Å²) in [6.45, 7) is 3.84. The standard InChI is InChI=1S/C25H19ClO5/c1-14-11-20-21(12-15(14)2)30-23(16-7-9-18(26)10-8-16)24(22(20)27)31-25(28)17-5-4-6-19(13-17)29-3/h4-13H,1-3H3. The van der Waals surface area contributed by atoms with E-state index in [1.165, 1.54) is 7.11 Å². The minimum atomic E-state index is -0.690. The van der Waals surface area contributed by atoms with E-state index in [1.54, 1.807) is 60.7 Å². The van der Waals surface area contributed by atoms with Gasteiger partial charge in [0.05, 0.1) is 18.1 Å². The molecular weight excluding hydrogens is 416 g/mol. The molecule has 0 saturated carbocycles. The Labute approximate surface area is 183 Å². The van der Waals surface area contributed by atoms with Crippen molar-refractivity contribution in [3.8, 4) is 22.8 Å². The zero-order chi connectivity index (χ0) is 22.1. The monoisotopic (exact) mass is 434 g/mol. The molecule has 0 aliphatic heterocycles. The number of fused-ring (bicyclic) bond motifs is 1. The van der Waals surface area contributed by atoms with Crippen LogP contribution in [-0.4, -0.2) is 13.1 Å². The molecule has 4 rings (SSSR count). The van der Waals surface area contributed by atoms with Crippen molar-refractivity contribution in [2.75, 3.05) is 7.11 Å². The van der Waals surface area contributed by atoms with Gasteiger partial charge in [-0.05, 0) is 79.6 Å². The van der Waals surface area contributed by atoms with Gasteiger partial charge in [-0.1, -0.05) is 17.7 Å².